The molecule has 120 valence electrons. The summed E-state index contributed by atoms with van der Waals surface area (Å²) in [6, 6.07) is 0. The van der Waals surface area contributed by atoms with Gasteiger partial charge < -0.3 is 30.4 Å². The number of aromatic amines is 1. The normalized spacial score (nSPS) is 40.5. The number of aromatic nitrogens is 2. The van der Waals surface area contributed by atoms with Crippen molar-refractivity contribution in [3.05, 3.63) is 12.0 Å². The van der Waals surface area contributed by atoms with E-state index in [2.05, 4.69) is 15.0 Å². The fourth-order valence-electron chi connectivity index (χ4n) is 3.00. The molecule has 5 N–H and O–H groups in total. The lowest BCUT2D eigenvalue weighted by molar-refractivity contribution is -0.155. The van der Waals surface area contributed by atoms with Gasteiger partial charge in [0.25, 0.3) is 0 Å². The van der Waals surface area contributed by atoms with Crippen LogP contribution in [0.2, 0.25) is 0 Å². The Hall–Kier alpha value is -1.75. The smallest absolute Gasteiger partial charge is 0.221 e. The lowest BCUT2D eigenvalue weighted by Gasteiger charge is -2.37. The summed E-state index contributed by atoms with van der Waals surface area (Å²) in [7, 11) is 0. The number of aliphatic hydroxyl groups is 2. The Balaban J connectivity index is 1.63. The standard InChI is InChI=1S/C12H16FN5O4/c13-10-7-11(16-3-15-7)17-12(14)18(10)6-1-4-9(22-4)8(20)5(2-19)21-6/h3-6,8-10,19-20H,1-2H2,(H2,14,17)(H,15,16)/t4-,5-,6?,8-,9-,10?/m1/s1. The zero-order valence-corrected chi connectivity index (χ0v) is 11.5. The van der Waals surface area contributed by atoms with E-state index in [0.29, 0.717) is 6.42 Å². The minimum absolute atomic E-state index is 0.0672. The van der Waals surface area contributed by atoms with Crippen LogP contribution in [0.25, 0.3) is 0 Å². The highest BCUT2D eigenvalue weighted by Crippen LogP contribution is 2.40. The Kier molecular flexibility index (Phi) is 3.08. The second kappa shape index (κ2) is 4.88. The summed E-state index contributed by atoms with van der Waals surface area (Å²) in [5.74, 6) is 0.136. The van der Waals surface area contributed by atoms with E-state index in [1.807, 2.05) is 0 Å². The molecule has 4 heterocycles. The molecule has 0 bridgehead atoms. The number of nitrogens with one attached hydrogen (secondary N) is 1. The van der Waals surface area contributed by atoms with Gasteiger partial charge in [-0.3, -0.25) is 4.90 Å². The fraction of sp³-hybridized carbons (Fsp3) is 0.667. The maximum absolute atomic E-state index is 14.8. The van der Waals surface area contributed by atoms with Crippen molar-refractivity contribution < 1.29 is 24.1 Å². The highest BCUT2D eigenvalue weighted by molar-refractivity contribution is 5.83. The number of rotatable bonds is 2. The van der Waals surface area contributed by atoms with Crippen LogP contribution in [-0.2, 0) is 9.47 Å². The maximum Gasteiger partial charge on any atom is 0.221 e. The molecule has 2 fully saturated rings. The zero-order chi connectivity index (χ0) is 15.4. The lowest BCUT2D eigenvalue weighted by Crippen LogP contribution is -2.50. The summed E-state index contributed by atoms with van der Waals surface area (Å²) in [4.78, 5) is 11.8. The predicted molar refractivity (Wildman–Crippen MR) is 70.6 cm³/mol. The van der Waals surface area contributed by atoms with Crippen LogP contribution >= 0.6 is 0 Å². The molecule has 4 rings (SSSR count). The molecule has 0 radical (unpaired) electrons. The highest BCUT2D eigenvalue weighted by Gasteiger charge is 2.54. The number of fused-ring (bicyclic) bond motifs is 2. The van der Waals surface area contributed by atoms with Gasteiger partial charge in [0, 0.05) is 6.42 Å². The predicted octanol–water partition coefficient (Wildman–Crippen LogP) is -1.12. The Labute approximate surface area is 124 Å². The molecule has 2 unspecified atom stereocenters. The van der Waals surface area contributed by atoms with Crippen molar-refractivity contribution in [2.45, 2.75) is 43.4 Å². The summed E-state index contributed by atoms with van der Waals surface area (Å²) < 4.78 is 25.8. The maximum atomic E-state index is 14.8. The van der Waals surface area contributed by atoms with Gasteiger partial charge in [0.05, 0.1) is 19.0 Å². The Morgan fingerprint density at radius 3 is 3.09 bits per heavy atom. The van der Waals surface area contributed by atoms with Crippen molar-refractivity contribution in [1.29, 1.82) is 0 Å². The van der Waals surface area contributed by atoms with Gasteiger partial charge in [-0.25, -0.2) is 9.37 Å². The number of halogens is 1. The number of nitrogens with zero attached hydrogens (tertiary/aromatic N) is 3. The first-order valence-corrected chi connectivity index (χ1v) is 7.00. The molecule has 0 aliphatic carbocycles. The molecule has 0 saturated carbocycles. The summed E-state index contributed by atoms with van der Waals surface area (Å²) in [5.41, 5.74) is 6.03. The van der Waals surface area contributed by atoms with Crippen LogP contribution < -0.4 is 5.73 Å². The molecule has 1 aromatic rings. The van der Waals surface area contributed by atoms with E-state index in [-0.39, 0.29) is 23.6 Å². The van der Waals surface area contributed by atoms with Crippen molar-refractivity contribution >= 4 is 11.8 Å². The summed E-state index contributed by atoms with van der Waals surface area (Å²) in [6.45, 7) is -0.401. The molecule has 9 nitrogen and oxygen atoms in total. The van der Waals surface area contributed by atoms with Crippen molar-refractivity contribution in [3.8, 4) is 0 Å². The van der Waals surface area contributed by atoms with E-state index in [9.17, 15) is 14.6 Å². The van der Waals surface area contributed by atoms with Crippen LogP contribution in [0.3, 0.4) is 0 Å². The largest absolute Gasteiger partial charge is 0.394 e. The molecule has 22 heavy (non-hydrogen) atoms. The number of H-pyrrole nitrogens is 1. The first kappa shape index (κ1) is 13.9. The lowest BCUT2D eigenvalue weighted by atomic mass is 10.1. The second-order valence-electron chi connectivity index (χ2n) is 5.53. The number of hydrogen-bond donors (Lipinski definition) is 4. The third-order valence-corrected chi connectivity index (χ3v) is 4.21. The molecular weight excluding hydrogens is 297 g/mol. The molecule has 10 heteroatoms. The van der Waals surface area contributed by atoms with Gasteiger partial charge in [-0.2, -0.15) is 4.99 Å². The number of ether oxygens (including phenoxy) is 2. The van der Waals surface area contributed by atoms with Crippen LogP contribution in [0, 0.1) is 0 Å². The van der Waals surface area contributed by atoms with E-state index >= 15 is 0 Å². The van der Waals surface area contributed by atoms with Gasteiger partial charge in [-0.05, 0) is 0 Å². The molecule has 2 saturated heterocycles. The van der Waals surface area contributed by atoms with Crippen molar-refractivity contribution in [3.63, 3.8) is 0 Å². The van der Waals surface area contributed by atoms with Gasteiger partial charge in [0.1, 0.15) is 30.2 Å². The number of nitrogens with two attached hydrogens (primary N) is 1. The molecule has 0 aromatic carbocycles. The van der Waals surface area contributed by atoms with E-state index in [1.165, 1.54) is 11.2 Å². The van der Waals surface area contributed by atoms with Crippen LogP contribution in [0.4, 0.5) is 10.2 Å². The van der Waals surface area contributed by atoms with Crippen LogP contribution in [0.5, 0.6) is 0 Å². The van der Waals surface area contributed by atoms with E-state index in [1.54, 1.807) is 0 Å². The van der Waals surface area contributed by atoms with Crippen LogP contribution in [0.1, 0.15) is 18.4 Å². The Morgan fingerprint density at radius 2 is 2.32 bits per heavy atom. The minimum atomic E-state index is -1.60. The highest BCUT2D eigenvalue weighted by atomic mass is 19.1. The SMILES string of the molecule is NC1=Nc2nc[nH]c2C(F)N1C1C[C@H]2O[C@H]2[C@H](O)[C@@H](CO)O1. The molecule has 3 aliphatic rings. The third kappa shape index (κ3) is 1.99. The summed E-state index contributed by atoms with van der Waals surface area (Å²) in [6.07, 6.45) is -3.23. The minimum Gasteiger partial charge on any atom is -0.394 e. The van der Waals surface area contributed by atoms with Crippen molar-refractivity contribution in [1.82, 2.24) is 14.9 Å². The number of imidazole rings is 1. The zero-order valence-electron chi connectivity index (χ0n) is 11.5. The third-order valence-electron chi connectivity index (χ3n) is 4.21. The van der Waals surface area contributed by atoms with Crippen molar-refractivity contribution in [2.24, 2.45) is 10.7 Å². The molecule has 1 aromatic heterocycles. The summed E-state index contributed by atoms with van der Waals surface area (Å²) in [5, 5.41) is 19.4. The van der Waals surface area contributed by atoms with Gasteiger partial charge in [-0.15, -0.1) is 0 Å². The van der Waals surface area contributed by atoms with Gasteiger partial charge in [0.2, 0.25) is 12.3 Å². The second-order valence-corrected chi connectivity index (χ2v) is 5.53. The number of epoxide rings is 1. The topological polar surface area (TPSA) is 133 Å². The van der Waals surface area contributed by atoms with Crippen LogP contribution in [-0.4, -0.2) is 68.3 Å². The van der Waals surface area contributed by atoms with Crippen LogP contribution in [0.15, 0.2) is 11.3 Å². The van der Waals surface area contributed by atoms with Gasteiger partial charge in [0.15, 0.2) is 5.82 Å². The number of alkyl halides is 1. The number of hydrogen-bond acceptors (Lipinski definition) is 8. The van der Waals surface area contributed by atoms with Gasteiger partial charge >= 0.3 is 0 Å². The van der Waals surface area contributed by atoms with E-state index in [4.69, 9.17) is 15.2 Å². The fourth-order valence-corrected chi connectivity index (χ4v) is 3.00. The molecule has 0 spiro atoms. The van der Waals surface area contributed by atoms with Gasteiger partial charge in [-0.1, -0.05) is 0 Å². The monoisotopic (exact) mass is 313 g/mol. The first-order valence-electron chi connectivity index (χ1n) is 7.00. The molecule has 0 amide bonds. The summed E-state index contributed by atoms with van der Waals surface area (Å²) >= 11 is 0. The Bertz CT molecular complexity index is 610. The first-order chi connectivity index (χ1) is 10.6. The van der Waals surface area contributed by atoms with E-state index in [0.717, 1.165) is 0 Å². The average Bonchev–Trinajstić information content (AvgIpc) is 3.12. The van der Waals surface area contributed by atoms with Crippen molar-refractivity contribution in [2.75, 3.05) is 6.61 Å². The van der Waals surface area contributed by atoms with E-state index < -0.39 is 37.4 Å². The molecule has 6 atom stereocenters. The Morgan fingerprint density at radius 1 is 1.50 bits per heavy atom. The number of guanidine groups is 1. The average molecular weight is 313 g/mol. The number of aliphatic hydroxyl groups excluding tert-OH is 2. The number of aliphatic imine (C=N–C) groups is 1. The quantitative estimate of drug-likeness (QED) is 0.401. The molecular formula is C12H16FN5O4. The molecule has 3 aliphatic heterocycles.